The molecule has 1 unspecified atom stereocenters. The van der Waals surface area contributed by atoms with Crippen LogP contribution in [0.5, 0.6) is 0 Å². The van der Waals surface area contributed by atoms with Crippen LogP contribution in [-0.4, -0.2) is 33.0 Å². The fraction of sp³-hybridized carbons (Fsp3) is 0.471. The van der Waals surface area contributed by atoms with Crippen LogP contribution in [0.4, 0.5) is 0 Å². The Morgan fingerprint density at radius 3 is 2.96 bits per heavy atom. The Balaban J connectivity index is 1.65. The number of carbonyl (C=O) groups is 2. The Morgan fingerprint density at radius 2 is 2.25 bits per heavy atom. The molecule has 7 heteroatoms. The van der Waals surface area contributed by atoms with Crippen molar-refractivity contribution in [1.82, 2.24) is 20.0 Å². The maximum absolute atomic E-state index is 12.3. The lowest BCUT2D eigenvalue weighted by atomic mass is 10.1. The number of aromatic nitrogens is 2. The molecule has 3 heterocycles. The lowest BCUT2D eigenvalue weighted by molar-refractivity contribution is -0.137. The molecule has 7 nitrogen and oxygen atoms in total. The zero-order chi connectivity index (χ0) is 17.1. The van der Waals surface area contributed by atoms with Gasteiger partial charge in [-0.3, -0.25) is 14.3 Å². The minimum absolute atomic E-state index is 0.0621. The van der Waals surface area contributed by atoms with Crippen molar-refractivity contribution >= 4 is 11.8 Å². The third-order valence-corrected chi connectivity index (χ3v) is 4.15. The lowest BCUT2D eigenvalue weighted by Crippen LogP contribution is -2.44. The molecule has 3 rings (SSSR count). The minimum atomic E-state index is -0.150. The number of amides is 2. The topological polar surface area (TPSA) is 80.4 Å². The van der Waals surface area contributed by atoms with Gasteiger partial charge in [0.25, 0.3) is 0 Å². The Labute approximate surface area is 140 Å². The van der Waals surface area contributed by atoms with Gasteiger partial charge < -0.3 is 14.6 Å². The number of hydrogen-bond donors (Lipinski definition) is 1. The molecule has 1 atom stereocenters. The van der Waals surface area contributed by atoms with Crippen LogP contribution in [-0.2, 0) is 22.7 Å². The van der Waals surface area contributed by atoms with Gasteiger partial charge in [-0.1, -0.05) is 13.8 Å². The monoisotopic (exact) mass is 330 g/mol. The van der Waals surface area contributed by atoms with E-state index in [2.05, 4.69) is 10.4 Å². The summed E-state index contributed by atoms with van der Waals surface area (Å²) in [5, 5.41) is 7.17. The first-order valence-corrected chi connectivity index (χ1v) is 8.15. The highest BCUT2D eigenvalue weighted by atomic mass is 16.3. The van der Waals surface area contributed by atoms with Crippen molar-refractivity contribution in [2.45, 2.75) is 39.4 Å². The number of rotatable bonds is 5. The van der Waals surface area contributed by atoms with Crippen LogP contribution >= 0.6 is 0 Å². The standard InChI is InChI=1S/C17H22N4O3/c1-12(2)17(23)20-10-13-5-6-19-21(13)14(11-20)8-16(22)18-9-15-4-3-7-24-15/h3-7,12,14H,8-11H2,1-2H3,(H,18,22). The molecule has 0 radical (unpaired) electrons. The third-order valence-electron chi connectivity index (χ3n) is 4.15. The molecule has 1 aliphatic rings. The summed E-state index contributed by atoms with van der Waals surface area (Å²) in [5.74, 6) is 0.663. The summed E-state index contributed by atoms with van der Waals surface area (Å²) in [6.45, 7) is 5.18. The number of carbonyl (C=O) groups excluding carboxylic acids is 2. The van der Waals surface area contributed by atoms with Gasteiger partial charge >= 0.3 is 0 Å². The highest BCUT2D eigenvalue weighted by Gasteiger charge is 2.30. The van der Waals surface area contributed by atoms with E-state index in [1.54, 1.807) is 18.5 Å². The van der Waals surface area contributed by atoms with Gasteiger partial charge in [0, 0.05) is 18.7 Å². The third kappa shape index (κ3) is 3.50. The second-order valence-electron chi connectivity index (χ2n) is 6.35. The normalized spacial score (nSPS) is 17.0. The molecule has 0 spiro atoms. The fourth-order valence-corrected chi connectivity index (χ4v) is 2.96. The van der Waals surface area contributed by atoms with Crippen molar-refractivity contribution in [3.8, 4) is 0 Å². The second-order valence-corrected chi connectivity index (χ2v) is 6.35. The summed E-state index contributed by atoms with van der Waals surface area (Å²) in [5.41, 5.74) is 0.957. The van der Waals surface area contributed by atoms with Crippen LogP contribution in [0.25, 0.3) is 0 Å². The van der Waals surface area contributed by atoms with E-state index in [9.17, 15) is 9.59 Å². The van der Waals surface area contributed by atoms with E-state index in [4.69, 9.17) is 4.42 Å². The summed E-state index contributed by atoms with van der Waals surface area (Å²) in [6, 6.07) is 5.35. The second kappa shape index (κ2) is 6.90. The van der Waals surface area contributed by atoms with E-state index >= 15 is 0 Å². The van der Waals surface area contributed by atoms with Crippen molar-refractivity contribution < 1.29 is 14.0 Å². The van der Waals surface area contributed by atoms with Gasteiger partial charge in [-0.2, -0.15) is 5.10 Å². The summed E-state index contributed by atoms with van der Waals surface area (Å²) in [4.78, 5) is 26.4. The Hall–Kier alpha value is -2.57. The Bertz CT molecular complexity index is 705. The van der Waals surface area contributed by atoms with Crippen molar-refractivity contribution in [2.75, 3.05) is 6.54 Å². The highest BCUT2D eigenvalue weighted by Crippen LogP contribution is 2.24. The van der Waals surface area contributed by atoms with Crippen LogP contribution in [0.1, 0.15) is 37.8 Å². The zero-order valence-corrected chi connectivity index (χ0v) is 13.9. The SMILES string of the molecule is CC(C)C(=O)N1Cc2ccnn2C(CC(=O)NCc2ccco2)C1. The Kier molecular flexibility index (Phi) is 4.69. The van der Waals surface area contributed by atoms with Gasteiger partial charge in [-0.05, 0) is 18.2 Å². The molecule has 24 heavy (non-hydrogen) atoms. The Morgan fingerprint density at radius 1 is 1.42 bits per heavy atom. The first kappa shape index (κ1) is 16.3. The number of hydrogen-bond acceptors (Lipinski definition) is 4. The van der Waals surface area contributed by atoms with Gasteiger partial charge in [0.2, 0.25) is 11.8 Å². The summed E-state index contributed by atoms with van der Waals surface area (Å²) in [7, 11) is 0. The molecule has 2 amide bonds. The van der Waals surface area contributed by atoms with Gasteiger partial charge in [-0.15, -0.1) is 0 Å². The maximum atomic E-state index is 12.3. The quantitative estimate of drug-likeness (QED) is 0.905. The molecule has 0 saturated carbocycles. The molecule has 2 aromatic rings. The number of nitrogens with one attached hydrogen (secondary N) is 1. The van der Waals surface area contributed by atoms with E-state index in [1.165, 1.54) is 0 Å². The molecule has 0 fully saturated rings. The molecule has 128 valence electrons. The van der Waals surface area contributed by atoms with E-state index < -0.39 is 0 Å². The molecule has 0 saturated heterocycles. The van der Waals surface area contributed by atoms with Crippen LogP contribution in [0, 0.1) is 5.92 Å². The fourth-order valence-electron chi connectivity index (χ4n) is 2.96. The van der Waals surface area contributed by atoms with Gasteiger partial charge in [-0.25, -0.2) is 0 Å². The molecule has 1 N–H and O–H groups in total. The minimum Gasteiger partial charge on any atom is -0.467 e. The van der Waals surface area contributed by atoms with Gasteiger partial charge in [0.1, 0.15) is 5.76 Å². The van der Waals surface area contributed by atoms with Crippen LogP contribution in [0.3, 0.4) is 0 Å². The van der Waals surface area contributed by atoms with Crippen molar-refractivity contribution in [3.63, 3.8) is 0 Å². The predicted octanol–water partition coefficient (Wildman–Crippen LogP) is 1.72. The van der Waals surface area contributed by atoms with Crippen molar-refractivity contribution in [1.29, 1.82) is 0 Å². The molecule has 0 aromatic carbocycles. The van der Waals surface area contributed by atoms with Crippen molar-refractivity contribution in [3.05, 3.63) is 42.1 Å². The molecule has 1 aliphatic heterocycles. The summed E-state index contributed by atoms with van der Waals surface area (Å²) < 4.78 is 7.07. The predicted molar refractivity (Wildman–Crippen MR) is 86.7 cm³/mol. The largest absolute Gasteiger partial charge is 0.467 e. The van der Waals surface area contributed by atoms with Crippen molar-refractivity contribution in [2.24, 2.45) is 5.92 Å². The number of furan rings is 1. The smallest absolute Gasteiger partial charge is 0.225 e. The molecule has 2 aromatic heterocycles. The zero-order valence-electron chi connectivity index (χ0n) is 13.9. The van der Waals surface area contributed by atoms with Gasteiger partial charge in [0.15, 0.2) is 0 Å². The summed E-state index contributed by atoms with van der Waals surface area (Å²) >= 11 is 0. The van der Waals surface area contributed by atoms with Crippen LogP contribution in [0.15, 0.2) is 35.1 Å². The molecule has 0 aliphatic carbocycles. The number of nitrogens with zero attached hydrogens (tertiary/aromatic N) is 3. The van der Waals surface area contributed by atoms with Crippen LogP contribution in [0.2, 0.25) is 0 Å². The van der Waals surface area contributed by atoms with E-state index in [-0.39, 0.29) is 30.2 Å². The molecular weight excluding hydrogens is 308 g/mol. The van der Waals surface area contributed by atoms with Crippen LogP contribution < -0.4 is 5.32 Å². The van der Waals surface area contributed by atoms with E-state index in [0.29, 0.717) is 25.4 Å². The lowest BCUT2D eigenvalue weighted by Gasteiger charge is -2.34. The first-order valence-electron chi connectivity index (χ1n) is 8.15. The summed E-state index contributed by atoms with van der Waals surface area (Å²) in [6.07, 6.45) is 3.57. The average molecular weight is 330 g/mol. The molecule has 0 bridgehead atoms. The maximum Gasteiger partial charge on any atom is 0.225 e. The molecular formula is C17H22N4O3. The van der Waals surface area contributed by atoms with E-state index in [0.717, 1.165) is 5.69 Å². The van der Waals surface area contributed by atoms with Gasteiger partial charge in [0.05, 0.1) is 37.5 Å². The first-order chi connectivity index (χ1) is 11.5. The van der Waals surface area contributed by atoms with E-state index in [1.807, 2.05) is 35.6 Å². The highest BCUT2D eigenvalue weighted by molar-refractivity contribution is 5.79. The average Bonchev–Trinajstić information content (AvgIpc) is 3.23. The number of fused-ring (bicyclic) bond motifs is 1.